The molecule has 1 saturated heterocycles. The SMILES string of the molecule is C=Cn1cc2c(N3CCC(N(CC)C(=O)OC(C)(C)C)CC3)ccc(C(=O)Nc3cc(F)c4nc(C)cn4c3)c2n1. The van der Waals surface area contributed by atoms with Crippen LogP contribution in [0.3, 0.4) is 0 Å². The molecule has 0 saturated carbocycles. The molecule has 4 aromatic rings. The summed E-state index contributed by atoms with van der Waals surface area (Å²) in [5.74, 6) is -0.926. The number of anilines is 2. The highest BCUT2D eigenvalue weighted by atomic mass is 19.1. The van der Waals surface area contributed by atoms with Crippen molar-refractivity contribution in [3.05, 3.63) is 60.4 Å². The van der Waals surface area contributed by atoms with Crippen LogP contribution < -0.4 is 10.2 Å². The van der Waals surface area contributed by atoms with Crippen LogP contribution in [0, 0.1) is 12.7 Å². The van der Waals surface area contributed by atoms with Crippen LogP contribution in [0.4, 0.5) is 20.6 Å². The number of fused-ring (bicyclic) bond motifs is 2. The summed E-state index contributed by atoms with van der Waals surface area (Å²) >= 11 is 0. The zero-order valence-corrected chi connectivity index (χ0v) is 24.1. The van der Waals surface area contributed by atoms with Gasteiger partial charge < -0.3 is 24.3 Å². The summed E-state index contributed by atoms with van der Waals surface area (Å²) in [5.41, 5.74) is 2.48. The molecule has 1 N–H and O–H groups in total. The van der Waals surface area contributed by atoms with Crippen LogP contribution in [0.2, 0.25) is 0 Å². The van der Waals surface area contributed by atoms with Gasteiger partial charge in [-0.05, 0) is 59.6 Å². The van der Waals surface area contributed by atoms with Crippen LogP contribution in [-0.4, -0.2) is 67.3 Å². The highest BCUT2D eigenvalue weighted by molar-refractivity contribution is 6.14. The molecule has 2 amide bonds. The molecule has 41 heavy (non-hydrogen) atoms. The third-order valence-corrected chi connectivity index (χ3v) is 7.20. The van der Waals surface area contributed by atoms with Crippen LogP contribution in [0.5, 0.6) is 0 Å². The molecule has 216 valence electrons. The molecule has 0 spiro atoms. The minimum atomic E-state index is -0.546. The minimum Gasteiger partial charge on any atom is -0.444 e. The predicted octanol–water partition coefficient (Wildman–Crippen LogP) is 5.71. The Balaban J connectivity index is 1.37. The van der Waals surface area contributed by atoms with Gasteiger partial charge in [-0.3, -0.25) is 4.79 Å². The molecule has 1 fully saturated rings. The predicted molar refractivity (Wildman–Crippen MR) is 158 cm³/mol. The van der Waals surface area contributed by atoms with Gasteiger partial charge in [0, 0.05) is 67.6 Å². The van der Waals surface area contributed by atoms with Gasteiger partial charge in [0.25, 0.3) is 5.91 Å². The van der Waals surface area contributed by atoms with Gasteiger partial charge in [-0.25, -0.2) is 18.9 Å². The van der Waals surface area contributed by atoms with E-state index < -0.39 is 17.3 Å². The van der Waals surface area contributed by atoms with E-state index in [0.717, 1.165) is 37.0 Å². The fourth-order valence-corrected chi connectivity index (χ4v) is 5.38. The first-order valence-electron chi connectivity index (χ1n) is 13.8. The molecule has 1 aromatic carbocycles. The molecule has 10 nitrogen and oxygen atoms in total. The number of rotatable bonds is 6. The second-order valence-corrected chi connectivity index (χ2v) is 11.3. The number of benzene rings is 1. The van der Waals surface area contributed by atoms with Gasteiger partial charge in [0.2, 0.25) is 0 Å². The van der Waals surface area contributed by atoms with Crippen LogP contribution >= 0.6 is 0 Å². The number of piperidine rings is 1. The van der Waals surface area contributed by atoms with Crippen molar-refractivity contribution < 1.29 is 18.7 Å². The number of hydrogen-bond donors (Lipinski definition) is 1. The van der Waals surface area contributed by atoms with Crippen molar-refractivity contribution in [3.63, 3.8) is 0 Å². The Morgan fingerprint density at radius 3 is 2.61 bits per heavy atom. The van der Waals surface area contributed by atoms with E-state index in [0.29, 0.717) is 29.0 Å². The van der Waals surface area contributed by atoms with Crippen LogP contribution in [-0.2, 0) is 4.74 Å². The molecule has 4 heterocycles. The van der Waals surface area contributed by atoms with Gasteiger partial charge in [0.1, 0.15) is 11.1 Å². The molecule has 3 aromatic heterocycles. The van der Waals surface area contributed by atoms with E-state index in [2.05, 4.69) is 26.9 Å². The van der Waals surface area contributed by atoms with Gasteiger partial charge in [-0.2, -0.15) is 5.10 Å². The highest BCUT2D eigenvalue weighted by Crippen LogP contribution is 2.32. The fourth-order valence-electron chi connectivity index (χ4n) is 5.38. The number of pyridine rings is 1. The average Bonchev–Trinajstić information content (AvgIpc) is 3.51. The molecular weight excluding hydrogens is 525 g/mol. The summed E-state index contributed by atoms with van der Waals surface area (Å²) in [6, 6.07) is 5.00. The quantitative estimate of drug-likeness (QED) is 0.324. The number of carbonyl (C=O) groups excluding carboxylic acids is 2. The number of aromatic nitrogens is 4. The number of nitrogens with one attached hydrogen (secondary N) is 1. The maximum atomic E-state index is 14.6. The maximum absolute atomic E-state index is 14.6. The molecule has 0 aliphatic carbocycles. The molecule has 11 heteroatoms. The molecule has 0 atom stereocenters. The number of imidazole rings is 1. The fraction of sp³-hybridized carbons (Fsp3) is 0.400. The number of ether oxygens (including phenoxy) is 1. The Morgan fingerprint density at radius 2 is 1.95 bits per heavy atom. The van der Waals surface area contributed by atoms with E-state index in [1.807, 2.05) is 44.9 Å². The van der Waals surface area contributed by atoms with Crippen molar-refractivity contribution in [1.29, 1.82) is 0 Å². The molecule has 0 unspecified atom stereocenters. The zero-order chi connectivity index (χ0) is 29.5. The smallest absolute Gasteiger partial charge is 0.410 e. The van der Waals surface area contributed by atoms with Crippen molar-refractivity contribution in [3.8, 4) is 0 Å². The summed E-state index contributed by atoms with van der Waals surface area (Å²) in [6.45, 7) is 15.2. The van der Waals surface area contributed by atoms with Crippen molar-refractivity contribution in [1.82, 2.24) is 24.1 Å². The van der Waals surface area contributed by atoms with E-state index in [1.165, 1.54) is 6.07 Å². The zero-order valence-electron chi connectivity index (χ0n) is 24.1. The Morgan fingerprint density at radius 1 is 1.22 bits per heavy atom. The number of aryl methyl sites for hydroxylation is 1. The van der Waals surface area contributed by atoms with E-state index in [1.54, 1.807) is 40.7 Å². The average molecular weight is 562 g/mol. The lowest BCUT2D eigenvalue weighted by Gasteiger charge is -2.39. The van der Waals surface area contributed by atoms with E-state index in [-0.39, 0.29) is 17.8 Å². The summed E-state index contributed by atoms with van der Waals surface area (Å²) < 4.78 is 23.4. The molecule has 1 aliphatic heterocycles. The molecule has 0 bridgehead atoms. The largest absolute Gasteiger partial charge is 0.444 e. The number of carbonyl (C=O) groups is 2. The van der Waals surface area contributed by atoms with E-state index in [9.17, 15) is 14.0 Å². The third kappa shape index (κ3) is 5.75. The lowest BCUT2D eigenvalue weighted by atomic mass is 10.0. The molecule has 0 radical (unpaired) electrons. The number of amides is 2. The first-order valence-corrected chi connectivity index (χ1v) is 13.8. The first-order chi connectivity index (χ1) is 19.5. The second kappa shape index (κ2) is 10.9. The van der Waals surface area contributed by atoms with E-state index in [4.69, 9.17) is 4.74 Å². The number of halogens is 1. The Labute approximate surface area is 238 Å². The van der Waals surface area contributed by atoms with Gasteiger partial charge in [-0.15, -0.1) is 0 Å². The Bertz CT molecular complexity index is 1630. The minimum absolute atomic E-state index is 0.0829. The normalized spacial score (nSPS) is 14.4. The summed E-state index contributed by atoms with van der Waals surface area (Å²) in [4.78, 5) is 34.4. The Kier molecular flexibility index (Phi) is 7.46. The topological polar surface area (TPSA) is 97.0 Å². The number of nitrogens with zero attached hydrogens (tertiary/aromatic N) is 6. The van der Waals surface area contributed by atoms with Crippen LogP contribution in [0.25, 0.3) is 22.8 Å². The van der Waals surface area contributed by atoms with Gasteiger partial charge in [0.15, 0.2) is 11.5 Å². The van der Waals surface area contributed by atoms with Crippen molar-refractivity contribution in [2.45, 2.75) is 59.1 Å². The van der Waals surface area contributed by atoms with Gasteiger partial charge >= 0.3 is 6.09 Å². The Hall–Kier alpha value is -4.41. The van der Waals surface area contributed by atoms with E-state index >= 15 is 0 Å². The van der Waals surface area contributed by atoms with Crippen molar-refractivity contribution in [2.24, 2.45) is 0 Å². The lowest BCUT2D eigenvalue weighted by Crippen LogP contribution is -2.48. The third-order valence-electron chi connectivity index (χ3n) is 7.20. The highest BCUT2D eigenvalue weighted by Gasteiger charge is 2.31. The molecule has 1 aliphatic rings. The lowest BCUT2D eigenvalue weighted by molar-refractivity contribution is 0.0149. The van der Waals surface area contributed by atoms with Crippen LogP contribution in [0.15, 0.2) is 43.4 Å². The standard InChI is InChI=1S/C30H36FN7O3/c1-7-37-18-23-25(35-13-11-21(12-14-35)38(8-2)29(40)41-30(4,5)6)10-9-22(26(23)34-37)28(39)33-20-15-24(31)27-32-19(3)16-36(27)17-20/h7,9-10,15-18,21H,1,8,11-14H2,2-6H3,(H,33,39). The molecular formula is C30H36FN7O3. The monoisotopic (exact) mass is 561 g/mol. The second-order valence-electron chi connectivity index (χ2n) is 11.3. The first kappa shape index (κ1) is 28.1. The van der Waals surface area contributed by atoms with Crippen molar-refractivity contribution >= 4 is 46.1 Å². The van der Waals surface area contributed by atoms with Crippen LogP contribution in [0.1, 0.15) is 56.6 Å². The van der Waals surface area contributed by atoms with Crippen molar-refractivity contribution in [2.75, 3.05) is 29.9 Å². The summed E-state index contributed by atoms with van der Waals surface area (Å²) in [6.07, 6.45) is 8.03. The van der Waals surface area contributed by atoms with Gasteiger partial charge in [-0.1, -0.05) is 6.58 Å². The van der Waals surface area contributed by atoms with Gasteiger partial charge in [0.05, 0.1) is 16.9 Å². The summed E-state index contributed by atoms with van der Waals surface area (Å²) in [7, 11) is 0. The maximum Gasteiger partial charge on any atom is 0.410 e. The summed E-state index contributed by atoms with van der Waals surface area (Å²) in [5, 5.41) is 8.20. The molecule has 5 rings (SSSR count). The number of hydrogen-bond acceptors (Lipinski definition) is 6.